The molecule has 1 aliphatic heterocycles. The molecule has 2 aromatic heterocycles. The predicted molar refractivity (Wildman–Crippen MR) is 115 cm³/mol. The van der Waals surface area contributed by atoms with Crippen LogP contribution in [-0.4, -0.2) is 26.1 Å². The Hall–Kier alpha value is -3.76. The molecule has 0 radical (unpaired) electrons. The molecular formula is C23H21N7. The second-order valence-corrected chi connectivity index (χ2v) is 7.34. The standard InChI is InChI=1S/C23H21N7/c1-15-27-21-17(12-24)8-5-9-20(21)30(15)23-28-19-10-11-25-14-18(19)22(29-23)26-13-16-6-3-2-4-7-16/h2-9,25H,10-11,13-14H2,1H3,(H,26,28,29). The summed E-state index contributed by atoms with van der Waals surface area (Å²) in [5.41, 5.74) is 5.43. The van der Waals surface area contributed by atoms with Gasteiger partial charge in [0.1, 0.15) is 23.2 Å². The third kappa shape index (κ3) is 3.17. The SMILES string of the molecule is Cc1nc2c(C#N)cccc2n1-c1nc2c(c(NCc3ccccc3)n1)CNCC2. The number of aromatic nitrogens is 4. The van der Waals surface area contributed by atoms with Crippen LogP contribution in [0.15, 0.2) is 48.5 Å². The molecule has 7 nitrogen and oxygen atoms in total. The van der Waals surface area contributed by atoms with Crippen molar-refractivity contribution in [2.24, 2.45) is 0 Å². The Morgan fingerprint density at radius 3 is 2.80 bits per heavy atom. The molecule has 4 aromatic rings. The van der Waals surface area contributed by atoms with Crippen molar-refractivity contribution in [2.75, 3.05) is 11.9 Å². The lowest BCUT2D eigenvalue weighted by atomic mass is 10.1. The van der Waals surface area contributed by atoms with E-state index in [0.29, 0.717) is 23.6 Å². The monoisotopic (exact) mass is 395 g/mol. The number of aryl methyl sites for hydroxylation is 1. The molecule has 2 aromatic carbocycles. The van der Waals surface area contributed by atoms with Crippen molar-refractivity contribution in [3.8, 4) is 12.0 Å². The van der Waals surface area contributed by atoms with Crippen LogP contribution in [0.25, 0.3) is 17.0 Å². The van der Waals surface area contributed by atoms with Crippen LogP contribution in [0.5, 0.6) is 0 Å². The molecule has 0 unspecified atom stereocenters. The van der Waals surface area contributed by atoms with Gasteiger partial charge in [0.15, 0.2) is 0 Å². The second kappa shape index (κ2) is 7.58. The summed E-state index contributed by atoms with van der Waals surface area (Å²) in [6.45, 7) is 4.24. The van der Waals surface area contributed by atoms with Gasteiger partial charge in [-0.05, 0) is 24.6 Å². The number of nitrogens with one attached hydrogen (secondary N) is 2. The third-order valence-corrected chi connectivity index (χ3v) is 5.40. The number of nitriles is 1. The van der Waals surface area contributed by atoms with Crippen LogP contribution < -0.4 is 10.6 Å². The van der Waals surface area contributed by atoms with E-state index in [-0.39, 0.29) is 0 Å². The summed E-state index contributed by atoms with van der Waals surface area (Å²) in [6, 6.07) is 18.1. The minimum absolute atomic E-state index is 0.555. The van der Waals surface area contributed by atoms with Crippen molar-refractivity contribution in [2.45, 2.75) is 26.4 Å². The quantitative estimate of drug-likeness (QED) is 0.551. The smallest absolute Gasteiger partial charge is 0.237 e. The minimum atomic E-state index is 0.555. The number of hydrogen-bond acceptors (Lipinski definition) is 6. The number of hydrogen-bond donors (Lipinski definition) is 2. The fourth-order valence-corrected chi connectivity index (χ4v) is 3.92. The van der Waals surface area contributed by atoms with Gasteiger partial charge in [-0.15, -0.1) is 0 Å². The molecule has 0 fully saturated rings. The number of fused-ring (bicyclic) bond motifs is 2. The summed E-state index contributed by atoms with van der Waals surface area (Å²) in [4.78, 5) is 14.4. The topological polar surface area (TPSA) is 91.5 Å². The Balaban J connectivity index is 1.62. The molecule has 5 rings (SSSR count). The van der Waals surface area contributed by atoms with Gasteiger partial charge in [0.2, 0.25) is 5.95 Å². The molecule has 0 bridgehead atoms. The fraction of sp³-hybridized carbons (Fsp3) is 0.217. The van der Waals surface area contributed by atoms with Crippen molar-refractivity contribution in [3.63, 3.8) is 0 Å². The van der Waals surface area contributed by atoms with Crippen molar-refractivity contribution >= 4 is 16.9 Å². The van der Waals surface area contributed by atoms with Crippen LogP contribution >= 0.6 is 0 Å². The number of benzene rings is 2. The Morgan fingerprint density at radius 2 is 1.97 bits per heavy atom. The first-order chi connectivity index (χ1) is 14.7. The van der Waals surface area contributed by atoms with Crippen LogP contribution in [0, 0.1) is 18.3 Å². The van der Waals surface area contributed by atoms with Crippen LogP contribution in [0.3, 0.4) is 0 Å². The normalized spacial score (nSPS) is 13.1. The number of para-hydroxylation sites is 1. The maximum atomic E-state index is 9.44. The van der Waals surface area contributed by atoms with Gasteiger partial charge >= 0.3 is 0 Å². The zero-order valence-corrected chi connectivity index (χ0v) is 16.7. The third-order valence-electron chi connectivity index (χ3n) is 5.40. The predicted octanol–water partition coefficient (Wildman–Crippen LogP) is 3.25. The highest BCUT2D eigenvalue weighted by atomic mass is 15.2. The number of rotatable bonds is 4. The highest BCUT2D eigenvalue weighted by Crippen LogP contribution is 2.26. The van der Waals surface area contributed by atoms with Crippen LogP contribution in [-0.2, 0) is 19.5 Å². The van der Waals surface area contributed by atoms with Gasteiger partial charge in [-0.1, -0.05) is 36.4 Å². The molecule has 0 saturated carbocycles. The highest BCUT2D eigenvalue weighted by molar-refractivity contribution is 5.83. The van der Waals surface area contributed by atoms with E-state index in [1.165, 1.54) is 5.56 Å². The first kappa shape index (κ1) is 18.3. The molecule has 0 amide bonds. The summed E-state index contributed by atoms with van der Waals surface area (Å²) in [6.07, 6.45) is 0.847. The average Bonchev–Trinajstić information content (AvgIpc) is 3.13. The molecule has 1 aliphatic rings. The summed E-state index contributed by atoms with van der Waals surface area (Å²) < 4.78 is 1.94. The van der Waals surface area contributed by atoms with E-state index in [9.17, 15) is 5.26 Å². The molecule has 0 aliphatic carbocycles. The van der Waals surface area contributed by atoms with Gasteiger partial charge in [0.05, 0.1) is 16.8 Å². The van der Waals surface area contributed by atoms with E-state index in [2.05, 4.69) is 33.8 Å². The zero-order valence-electron chi connectivity index (χ0n) is 16.7. The highest BCUT2D eigenvalue weighted by Gasteiger charge is 2.21. The van der Waals surface area contributed by atoms with Crippen LogP contribution in [0.2, 0.25) is 0 Å². The second-order valence-electron chi connectivity index (χ2n) is 7.34. The van der Waals surface area contributed by atoms with Crippen molar-refractivity contribution < 1.29 is 0 Å². The van der Waals surface area contributed by atoms with Crippen LogP contribution in [0.4, 0.5) is 5.82 Å². The largest absolute Gasteiger partial charge is 0.366 e. The molecule has 0 saturated heterocycles. The Kier molecular flexibility index (Phi) is 4.62. The lowest BCUT2D eigenvalue weighted by Gasteiger charge is -2.21. The Bertz CT molecular complexity index is 1270. The molecule has 2 N–H and O–H groups in total. The maximum Gasteiger partial charge on any atom is 0.237 e. The maximum absolute atomic E-state index is 9.44. The zero-order chi connectivity index (χ0) is 20.5. The van der Waals surface area contributed by atoms with Gasteiger partial charge in [-0.2, -0.15) is 10.2 Å². The molecule has 30 heavy (non-hydrogen) atoms. The van der Waals surface area contributed by atoms with E-state index < -0.39 is 0 Å². The van der Waals surface area contributed by atoms with Gasteiger partial charge < -0.3 is 10.6 Å². The van der Waals surface area contributed by atoms with Gasteiger partial charge in [-0.25, -0.2) is 9.97 Å². The van der Waals surface area contributed by atoms with E-state index in [4.69, 9.17) is 9.97 Å². The first-order valence-corrected chi connectivity index (χ1v) is 10.0. The van der Waals surface area contributed by atoms with E-state index in [0.717, 1.165) is 47.9 Å². The lowest BCUT2D eigenvalue weighted by Crippen LogP contribution is -2.27. The van der Waals surface area contributed by atoms with Gasteiger partial charge in [-0.3, -0.25) is 4.57 Å². The Labute approximate surface area is 174 Å². The lowest BCUT2D eigenvalue weighted by molar-refractivity contribution is 0.624. The summed E-state index contributed by atoms with van der Waals surface area (Å²) >= 11 is 0. The van der Waals surface area contributed by atoms with Gasteiger partial charge in [0.25, 0.3) is 0 Å². The minimum Gasteiger partial charge on any atom is -0.366 e. The molecule has 7 heteroatoms. The average molecular weight is 395 g/mol. The molecule has 0 atom stereocenters. The number of imidazole rings is 1. The van der Waals surface area contributed by atoms with Gasteiger partial charge in [0, 0.05) is 31.6 Å². The summed E-state index contributed by atoms with van der Waals surface area (Å²) in [5, 5.41) is 16.4. The molecule has 3 heterocycles. The Morgan fingerprint density at radius 1 is 1.10 bits per heavy atom. The molecule has 0 spiro atoms. The van der Waals surface area contributed by atoms with E-state index in [1.54, 1.807) is 6.07 Å². The number of anilines is 1. The van der Waals surface area contributed by atoms with Crippen LogP contribution in [0.1, 0.15) is 28.2 Å². The first-order valence-electron chi connectivity index (χ1n) is 10.0. The molecule has 148 valence electrons. The number of nitrogens with zero attached hydrogens (tertiary/aromatic N) is 5. The van der Waals surface area contributed by atoms with E-state index >= 15 is 0 Å². The van der Waals surface area contributed by atoms with Crippen molar-refractivity contribution in [3.05, 3.63) is 76.7 Å². The summed E-state index contributed by atoms with van der Waals surface area (Å²) in [5.74, 6) is 2.18. The van der Waals surface area contributed by atoms with Crippen molar-refractivity contribution in [1.82, 2.24) is 24.8 Å². The summed E-state index contributed by atoms with van der Waals surface area (Å²) in [7, 11) is 0. The van der Waals surface area contributed by atoms with Crippen molar-refractivity contribution in [1.29, 1.82) is 5.26 Å². The van der Waals surface area contributed by atoms with E-state index in [1.807, 2.05) is 41.8 Å². The fourth-order valence-electron chi connectivity index (χ4n) is 3.92. The molecular weight excluding hydrogens is 374 g/mol.